The number of hydrogen-bond acceptors (Lipinski definition) is 10. The molecule has 2 aromatic carbocycles. The van der Waals surface area contributed by atoms with Crippen molar-refractivity contribution in [3.8, 4) is 0 Å². The van der Waals surface area contributed by atoms with E-state index >= 15 is 0 Å². The Balaban J connectivity index is 1.37. The van der Waals surface area contributed by atoms with Gasteiger partial charge in [-0.05, 0) is 47.6 Å². The molecule has 1 aliphatic carbocycles. The Labute approximate surface area is 307 Å². The first-order valence-corrected chi connectivity index (χ1v) is 20.5. The van der Waals surface area contributed by atoms with Gasteiger partial charge in [0.05, 0.1) is 37.0 Å². The van der Waals surface area contributed by atoms with E-state index in [-0.39, 0.29) is 18.1 Å². The number of carbonyl (C=O) groups excluding carboxylic acids is 2. The van der Waals surface area contributed by atoms with Gasteiger partial charge in [0.15, 0.2) is 0 Å². The molecule has 5 rings (SSSR count). The summed E-state index contributed by atoms with van der Waals surface area (Å²) in [5.41, 5.74) is 0.807. The van der Waals surface area contributed by atoms with Gasteiger partial charge in [-0.3, -0.25) is 14.5 Å². The molecule has 1 aliphatic heterocycles. The number of unbranched alkanes of at least 4 members (excludes halogenated alkanes) is 1. The molecule has 2 amide bonds. The zero-order chi connectivity index (χ0) is 36.9. The Morgan fingerprint density at radius 3 is 2.38 bits per heavy atom. The number of hydrogen-bond donors (Lipinski definition) is 4. The number of nitrogens with one attached hydrogen (secondary N) is 2. The van der Waals surface area contributed by atoms with Crippen molar-refractivity contribution in [1.29, 1.82) is 0 Å². The van der Waals surface area contributed by atoms with Crippen LogP contribution in [0, 0.1) is 11.8 Å². The molecule has 1 saturated carbocycles. The van der Waals surface area contributed by atoms with E-state index in [4.69, 9.17) is 4.74 Å². The van der Waals surface area contributed by atoms with Crippen molar-refractivity contribution in [3.05, 3.63) is 66.5 Å². The third-order valence-electron chi connectivity index (χ3n) is 10.4. The predicted octanol–water partition coefficient (Wildman–Crippen LogP) is 3.45. The number of amides is 2. The fourth-order valence-corrected chi connectivity index (χ4v) is 8.88. The van der Waals surface area contributed by atoms with Crippen LogP contribution in [-0.4, -0.2) is 108 Å². The van der Waals surface area contributed by atoms with Gasteiger partial charge in [0, 0.05) is 32.0 Å². The van der Waals surface area contributed by atoms with Crippen LogP contribution in [-0.2, 0) is 30.6 Å². The largest absolute Gasteiger partial charge is 0.389 e. The first kappa shape index (κ1) is 39.7. The lowest BCUT2D eigenvalue weighted by atomic mass is 9.83. The van der Waals surface area contributed by atoms with Gasteiger partial charge in [-0.25, -0.2) is 18.4 Å². The number of aromatic nitrogens is 2. The number of morpholine rings is 1. The van der Waals surface area contributed by atoms with Crippen LogP contribution in [0.5, 0.6) is 0 Å². The minimum Gasteiger partial charge on any atom is -0.389 e. The maximum atomic E-state index is 14.2. The summed E-state index contributed by atoms with van der Waals surface area (Å²) in [6, 6.07) is 13.3. The third-order valence-corrected chi connectivity index (χ3v) is 12.0. The van der Waals surface area contributed by atoms with Crippen LogP contribution in [0.3, 0.4) is 0 Å². The quantitative estimate of drug-likeness (QED) is 0.142. The molecule has 2 heterocycles. The second kappa shape index (κ2) is 19.5. The molecular formula is C39H55N5O7S. The van der Waals surface area contributed by atoms with Crippen LogP contribution in [0.4, 0.5) is 0 Å². The molecule has 4 N–H and O–H groups in total. The molecule has 3 aromatic rings. The lowest BCUT2D eigenvalue weighted by molar-refractivity contribution is -0.132. The minimum atomic E-state index is -4.08. The molecule has 0 unspecified atom stereocenters. The van der Waals surface area contributed by atoms with Crippen molar-refractivity contribution in [3.63, 3.8) is 0 Å². The zero-order valence-electron chi connectivity index (χ0n) is 30.2. The van der Waals surface area contributed by atoms with Gasteiger partial charge >= 0.3 is 0 Å². The van der Waals surface area contributed by atoms with E-state index in [1.165, 1.54) is 18.5 Å². The minimum absolute atomic E-state index is 0.109. The third kappa shape index (κ3) is 11.3. The van der Waals surface area contributed by atoms with Crippen LogP contribution >= 0.6 is 0 Å². The summed E-state index contributed by atoms with van der Waals surface area (Å²) < 4.78 is 32.6. The number of carbonyl (C=O) groups is 2. The standard InChI is InChI=1S/C39H55N5O7S/c1-2-3-17-33(38(48)43-34(24-28-11-5-4-6-12-28)36(46)35(45)26-44-20-22-51-23-21-44)42-37(47)31(27-52(49,50)39-40-18-10-19-41-39)25-30-15-9-14-29-13-7-8-16-32(29)30/h7-10,13-16,18-19,28,31,33-36,45-46H,2-6,11-12,17,20-27H2,1H3,(H,42,47)(H,43,48)/t31-,33+,34+,35+,36-/m1/s1. The van der Waals surface area contributed by atoms with Gasteiger partial charge in [0.2, 0.25) is 26.8 Å². The van der Waals surface area contributed by atoms with Gasteiger partial charge in [-0.15, -0.1) is 0 Å². The average Bonchev–Trinajstić information content (AvgIpc) is 3.16. The van der Waals surface area contributed by atoms with E-state index in [0.29, 0.717) is 51.5 Å². The Hall–Kier alpha value is -3.49. The summed E-state index contributed by atoms with van der Waals surface area (Å²) in [6.45, 7) is 4.68. The van der Waals surface area contributed by atoms with E-state index in [1.807, 2.05) is 54.3 Å². The molecule has 284 valence electrons. The molecule has 0 radical (unpaired) electrons. The molecular weight excluding hydrogens is 683 g/mol. The number of aliphatic hydroxyl groups is 2. The fourth-order valence-electron chi connectivity index (χ4n) is 7.49. The highest BCUT2D eigenvalue weighted by molar-refractivity contribution is 7.91. The number of benzene rings is 2. The number of fused-ring (bicyclic) bond motifs is 1. The van der Waals surface area contributed by atoms with E-state index in [0.717, 1.165) is 54.9 Å². The predicted molar refractivity (Wildman–Crippen MR) is 199 cm³/mol. The highest BCUT2D eigenvalue weighted by Gasteiger charge is 2.35. The van der Waals surface area contributed by atoms with E-state index in [9.17, 15) is 28.2 Å². The molecule has 0 spiro atoms. The fraction of sp³-hybridized carbons (Fsp3) is 0.590. The molecule has 2 fully saturated rings. The van der Waals surface area contributed by atoms with Crippen molar-refractivity contribution in [2.75, 3.05) is 38.6 Å². The topological polar surface area (TPSA) is 171 Å². The smallest absolute Gasteiger partial charge is 0.247 e. The zero-order valence-corrected chi connectivity index (χ0v) is 31.1. The summed E-state index contributed by atoms with van der Waals surface area (Å²) in [6.07, 6.45) is 8.05. The maximum absolute atomic E-state index is 14.2. The summed E-state index contributed by atoms with van der Waals surface area (Å²) in [5.74, 6) is -2.34. The van der Waals surface area contributed by atoms with Crippen molar-refractivity contribution in [1.82, 2.24) is 25.5 Å². The average molecular weight is 738 g/mol. The number of nitrogens with zero attached hydrogens (tertiary/aromatic N) is 3. The summed E-state index contributed by atoms with van der Waals surface area (Å²) in [5, 5.41) is 30.2. The van der Waals surface area contributed by atoms with Crippen molar-refractivity contribution in [2.24, 2.45) is 11.8 Å². The lowest BCUT2D eigenvalue weighted by Crippen LogP contribution is -2.57. The lowest BCUT2D eigenvalue weighted by Gasteiger charge is -2.35. The molecule has 13 heteroatoms. The number of ether oxygens (including phenoxy) is 1. The van der Waals surface area contributed by atoms with Crippen LogP contribution in [0.15, 0.2) is 66.1 Å². The first-order valence-electron chi connectivity index (χ1n) is 18.9. The monoisotopic (exact) mass is 737 g/mol. The van der Waals surface area contributed by atoms with Gasteiger partial charge in [-0.1, -0.05) is 94.3 Å². The second-order valence-corrected chi connectivity index (χ2v) is 16.3. The molecule has 12 nitrogen and oxygen atoms in total. The van der Waals surface area contributed by atoms with Gasteiger partial charge in [0.1, 0.15) is 12.1 Å². The van der Waals surface area contributed by atoms with Crippen molar-refractivity contribution in [2.45, 2.75) is 101 Å². The van der Waals surface area contributed by atoms with E-state index in [2.05, 4.69) is 20.6 Å². The normalized spacial score (nSPS) is 19.0. The molecule has 0 bridgehead atoms. The second-order valence-electron chi connectivity index (χ2n) is 14.4. The van der Waals surface area contributed by atoms with Gasteiger partial charge in [-0.2, -0.15) is 0 Å². The van der Waals surface area contributed by atoms with E-state index < -0.39 is 57.6 Å². The molecule has 5 atom stereocenters. The maximum Gasteiger partial charge on any atom is 0.247 e. The SMILES string of the molecule is CCCC[C@H](NC(=O)[C@H](Cc1cccc2ccccc12)CS(=O)(=O)c1ncccn1)C(=O)N[C@@H](CC1CCCCC1)[C@@H](O)[C@@H](O)CN1CCOCC1. The van der Waals surface area contributed by atoms with Crippen molar-refractivity contribution < 1.29 is 33.0 Å². The highest BCUT2D eigenvalue weighted by atomic mass is 32.2. The number of sulfone groups is 1. The van der Waals surface area contributed by atoms with Crippen LogP contribution in [0.25, 0.3) is 10.8 Å². The molecule has 52 heavy (non-hydrogen) atoms. The van der Waals surface area contributed by atoms with Gasteiger partial charge in [0.25, 0.3) is 0 Å². The Bertz CT molecular complexity index is 1680. The number of aliphatic hydroxyl groups excluding tert-OH is 2. The van der Waals surface area contributed by atoms with Crippen LogP contribution in [0.1, 0.15) is 70.3 Å². The first-order chi connectivity index (χ1) is 25.1. The highest BCUT2D eigenvalue weighted by Crippen LogP contribution is 2.29. The summed E-state index contributed by atoms with van der Waals surface area (Å²) in [7, 11) is -4.08. The summed E-state index contributed by atoms with van der Waals surface area (Å²) in [4.78, 5) is 38.3. The van der Waals surface area contributed by atoms with E-state index in [1.54, 1.807) is 0 Å². The molecule has 1 saturated heterocycles. The number of rotatable bonds is 18. The van der Waals surface area contributed by atoms with Crippen LogP contribution in [0.2, 0.25) is 0 Å². The number of β-amino-alcohol motifs (C(OH)–C–C–N with tert-alkyl or cyclic N) is 1. The van der Waals surface area contributed by atoms with Gasteiger partial charge < -0.3 is 25.6 Å². The molecule has 2 aliphatic rings. The molecule has 1 aromatic heterocycles. The Kier molecular flexibility index (Phi) is 14.9. The Morgan fingerprint density at radius 1 is 0.942 bits per heavy atom. The Morgan fingerprint density at radius 2 is 1.65 bits per heavy atom. The van der Waals surface area contributed by atoms with Crippen LogP contribution < -0.4 is 10.6 Å². The van der Waals surface area contributed by atoms with Crippen molar-refractivity contribution >= 4 is 32.4 Å². The summed E-state index contributed by atoms with van der Waals surface area (Å²) >= 11 is 0.